The van der Waals surface area contributed by atoms with Gasteiger partial charge in [-0.25, -0.2) is 9.78 Å². The van der Waals surface area contributed by atoms with Crippen molar-refractivity contribution < 1.29 is 19.2 Å². The van der Waals surface area contributed by atoms with Crippen LogP contribution in [0.3, 0.4) is 0 Å². The average molecular weight is 326 g/mol. The lowest BCUT2D eigenvalue weighted by atomic mass is 10.1. The molecule has 8 heteroatoms. The molecule has 0 saturated carbocycles. The van der Waals surface area contributed by atoms with Crippen molar-refractivity contribution >= 4 is 23.0 Å². The molecule has 0 radical (unpaired) electrons. The standard InChI is InChI=1S/C16H14N4O4/c1-2-13-12-5-10(7-19-15(12)24-20-13)14(21)18-8-11-4-3-9(6-17-11)16(22)23/h3-7H,2,8H2,1H3,(H,18,21)(H,22,23). The molecule has 24 heavy (non-hydrogen) atoms. The van der Waals surface area contributed by atoms with Crippen LogP contribution < -0.4 is 5.32 Å². The minimum Gasteiger partial charge on any atom is -0.478 e. The van der Waals surface area contributed by atoms with Crippen molar-refractivity contribution in [1.29, 1.82) is 0 Å². The predicted octanol–water partition coefficient (Wildman–Crippen LogP) is 1.81. The Morgan fingerprint density at radius 2 is 2.00 bits per heavy atom. The Labute approximate surface area is 136 Å². The predicted molar refractivity (Wildman–Crippen MR) is 83.5 cm³/mol. The van der Waals surface area contributed by atoms with Crippen LogP contribution in [0.2, 0.25) is 0 Å². The van der Waals surface area contributed by atoms with E-state index in [1.165, 1.54) is 18.5 Å². The van der Waals surface area contributed by atoms with Gasteiger partial charge in [0.25, 0.3) is 11.6 Å². The van der Waals surface area contributed by atoms with Gasteiger partial charge in [-0.05, 0) is 24.6 Å². The zero-order chi connectivity index (χ0) is 17.1. The van der Waals surface area contributed by atoms with Gasteiger partial charge in [0.1, 0.15) is 0 Å². The molecule has 1 amide bonds. The van der Waals surface area contributed by atoms with Crippen LogP contribution in [-0.2, 0) is 13.0 Å². The first-order valence-electron chi connectivity index (χ1n) is 7.29. The van der Waals surface area contributed by atoms with Crippen LogP contribution in [0, 0.1) is 0 Å². The molecule has 3 rings (SSSR count). The van der Waals surface area contributed by atoms with Gasteiger partial charge in [-0.1, -0.05) is 12.1 Å². The zero-order valence-electron chi connectivity index (χ0n) is 12.8. The number of nitrogens with zero attached hydrogens (tertiary/aromatic N) is 3. The number of hydrogen-bond acceptors (Lipinski definition) is 6. The number of aryl methyl sites for hydroxylation is 1. The number of rotatable bonds is 5. The van der Waals surface area contributed by atoms with E-state index in [0.717, 1.165) is 5.69 Å². The van der Waals surface area contributed by atoms with Gasteiger partial charge in [-0.3, -0.25) is 9.78 Å². The van der Waals surface area contributed by atoms with E-state index in [1.807, 2.05) is 6.92 Å². The molecule has 0 bridgehead atoms. The minimum atomic E-state index is -1.04. The van der Waals surface area contributed by atoms with E-state index in [-0.39, 0.29) is 18.0 Å². The van der Waals surface area contributed by atoms with Crippen LogP contribution in [0.5, 0.6) is 0 Å². The molecule has 122 valence electrons. The van der Waals surface area contributed by atoms with Gasteiger partial charge in [-0.15, -0.1) is 0 Å². The fourth-order valence-electron chi connectivity index (χ4n) is 2.19. The molecule has 0 unspecified atom stereocenters. The molecule has 0 spiro atoms. The first kappa shape index (κ1) is 15.6. The topological polar surface area (TPSA) is 118 Å². The number of carbonyl (C=O) groups is 2. The van der Waals surface area contributed by atoms with E-state index in [1.54, 1.807) is 12.1 Å². The Kier molecular flexibility index (Phi) is 4.19. The number of carboxylic acid groups (broad SMARTS) is 1. The molecule has 0 aromatic carbocycles. The first-order chi connectivity index (χ1) is 11.6. The summed E-state index contributed by atoms with van der Waals surface area (Å²) in [7, 11) is 0. The highest BCUT2D eigenvalue weighted by Crippen LogP contribution is 2.18. The van der Waals surface area contributed by atoms with Crippen molar-refractivity contribution in [2.75, 3.05) is 0 Å². The molecule has 2 N–H and O–H groups in total. The number of pyridine rings is 2. The lowest BCUT2D eigenvalue weighted by molar-refractivity contribution is 0.0696. The van der Waals surface area contributed by atoms with Crippen LogP contribution in [0.25, 0.3) is 11.1 Å². The van der Waals surface area contributed by atoms with Crippen molar-refractivity contribution in [3.05, 3.63) is 53.1 Å². The van der Waals surface area contributed by atoms with E-state index < -0.39 is 5.97 Å². The number of amides is 1. The maximum Gasteiger partial charge on any atom is 0.337 e. The number of nitrogens with one attached hydrogen (secondary N) is 1. The molecule has 0 atom stereocenters. The monoisotopic (exact) mass is 326 g/mol. The summed E-state index contributed by atoms with van der Waals surface area (Å²) in [5.74, 6) is -1.35. The van der Waals surface area contributed by atoms with Crippen LogP contribution in [0.15, 0.2) is 35.1 Å². The summed E-state index contributed by atoms with van der Waals surface area (Å²) in [4.78, 5) is 31.1. The molecule has 0 saturated heterocycles. The second kappa shape index (κ2) is 6.45. The third-order valence-corrected chi connectivity index (χ3v) is 3.50. The summed E-state index contributed by atoms with van der Waals surface area (Å²) in [6, 6.07) is 4.68. The quantitative estimate of drug-likeness (QED) is 0.734. The Bertz CT molecular complexity index is 902. The van der Waals surface area contributed by atoms with Crippen LogP contribution >= 0.6 is 0 Å². The summed E-state index contributed by atoms with van der Waals surface area (Å²) in [5.41, 5.74) is 2.19. The second-order valence-corrected chi connectivity index (χ2v) is 5.09. The molecule has 0 aliphatic heterocycles. The number of carbonyl (C=O) groups excluding carboxylic acids is 1. The maximum absolute atomic E-state index is 12.2. The Hall–Kier alpha value is -3.29. The van der Waals surface area contributed by atoms with Gasteiger partial charge in [0.2, 0.25) is 0 Å². The lowest BCUT2D eigenvalue weighted by Gasteiger charge is -2.05. The molecule has 0 fully saturated rings. The molecular formula is C16H14N4O4. The van der Waals surface area contributed by atoms with Gasteiger partial charge in [0.05, 0.1) is 34.4 Å². The zero-order valence-corrected chi connectivity index (χ0v) is 12.8. The summed E-state index contributed by atoms with van der Waals surface area (Å²) in [6.07, 6.45) is 3.35. The lowest BCUT2D eigenvalue weighted by Crippen LogP contribution is -2.23. The number of aromatic carboxylic acids is 1. The van der Waals surface area contributed by atoms with E-state index >= 15 is 0 Å². The molecule has 3 heterocycles. The Morgan fingerprint density at radius 1 is 1.21 bits per heavy atom. The largest absolute Gasteiger partial charge is 0.478 e. The Balaban J connectivity index is 1.71. The van der Waals surface area contributed by atoms with Gasteiger partial charge in [-0.2, -0.15) is 0 Å². The first-order valence-corrected chi connectivity index (χ1v) is 7.29. The fraction of sp³-hybridized carbons (Fsp3) is 0.188. The Morgan fingerprint density at radius 3 is 2.67 bits per heavy atom. The SMILES string of the molecule is CCc1noc2ncc(C(=O)NCc3ccc(C(=O)O)cn3)cc12. The number of aromatic nitrogens is 3. The summed E-state index contributed by atoms with van der Waals surface area (Å²) in [6.45, 7) is 2.12. The number of hydrogen-bond donors (Lipinski definition) is 2. The van der Waals surface area contributed by atoms with Crippen molar-refractivity contribution in [3.8, 4) is 0 Å². The smallest absolute Gasteiger partial charge is 0.337 e. The van der Waals surface area contributed by atoms with Crippen molar-refractivity contribution in [1.82, 2.24) is 20.4 Å². The summed E-state index contributed by atoms with van der Waals surface area (Å²) >= 11 is 0. The van der Waals surface area contributed by atoms with Gasteiger partial charge >= 0.3 is 5.97 Å². The van der Waals surface area contributed by atoms with Crippen LogP contribution in [0.1, 0.15) is 39.0 Å². The van der Waals surface area contributed by atoms with Crippen LogP contribution in [-0.4, -0.2) is 32.1 Å². The van der Waals surface area contributed by atoms with Gasteiger partial charge < -0.3 is 14.9 Å². The van der Waals surface area contributed by atoms with Crippen LogP contribution in [0.4, 0.5) is 0 Å². The van der Waals surface area contributed by atoms with Crippen molar-refractivity contribution in [2.24, 2.45) is 0 Å². The molecular weight excluding hydrogens is 312 g/mol. The molecule has 0 aliphatic rings. The number of carboxylic acids is 1. The molecule has 8 nitrogen and oxygen atoms in total. The van der Waals surface area contributed by atoms with Gasteiger partial charge in [0.15, 0.2) is 0 Å². The second-order valence-electron chi connectivity index (χ2n) is 5.09. The van der Waals surface area contributed by atoms with E-state index in [0.29, 0.717) is 28.8 Å². The highest BCUT2D eigenvalue weighted by atomic mass is 16.5. The third kappa shape index (κ3) is 3.07. The third-order valence-electron chi connectivity index (χ3n) is 3.50. The van der Waals surface area contributed by atoms with E-state index in [2.05, 4.69) is 20.4 Å². The van der Waals surface area contributed by atoms with E-state index in [4.69, 9.17) is 9.63 Å². The normalized spacial score (nSPS) is 10.7. The number of fused-ring (bicyclic) bond motifs is 1. The molecule has 3 aromatic heterocycles. The fourth-order valence-corrected chi connectivity index (χ4v) is 2.19. The average Bonchev–Trinajstić information content (AvgIpc) is 3.02. The van der Waals surface area contributed by atoms with E-state index in [9.17, 15) is 9.59 Å². The summed E-state index contributed by atoms with van der Waals surface area (Å²) in [5, 5.41) is 16.2. The van der Waals surface area contributed by atoms with Gasteiger partial charge in [0, 0.05) is 12.4 Å². The maximum atomic E-state index is 12.2. The van der Waals surface area contributed by atoms with Crippen molar-refractivity contribution in [3.63, 3.8) is 0 Å². The highest BCUT2D eigenvalue weighted by molar-refractivity contribution is 5.97. The van der Waals surface area contributed by atoms with Crippen molar-refractivity contribution in [2.45, 2.75) is 19.9 Å². The molecule has 0 aliphatic carbocycles. The molecule has 3 aromatic rings. The summed E-state index contributed by atoms with van der Waals surface area (Å²) < 4.78 is 5.08. The minimum absolute atomic E-state index is 0.0966. The highest BCUT2D eigenvalue weighted by Gasteiger charge is 2.13.